The lowest BCUT2D eigenvalue weighted by Crippen LogP contribution is -2.18. The van der Waals surface area contributed by atoms with Crippen LogP contribution in [0.2, 0.25) is 0 Å². The van der Waals surface area contributed by atoms with E-state index in [1.165, 1.54) is 28.7 Å². The minimum Gasteiger partial charge on any atom is -0.399 e. The smallest absolute Gasteiger partial charge is 0.244 e. The number of benzene rings is 3. The first kappa shape index (κ1) is 21.2. The minimum atomic E-state index is -0.406. The van der Waals surface area contributed by atoms with Crippen LogP contribution >= 0.6 is 23.1 Å². The normalized spacial score (nSPS) is 11.8. The summed E-state index contributed by atoms with van der Waals surface area (Å²) in [5.74, 6) is -0.0998. The van der Waals surface area contributed by atoms with Gasteiger partial charge in [0.1, 0.15) is 5.25 Å². The summed E-state index contributed by atoms with van der Waals surface area (Å²) in [5.41, 5.74) is 10.6. The number of thioether (sulfide) groups is 1. The third-order valence-corrected chi connectivity index (χ3v) is 6.98. The topological polar surface area (TPSA) is 68.0 Å². The van der Waals surface area contributed by atoms with Crippen molar-refractivity contribution >= 4 is 39.8 Å². The second-order valence-corrected chi connectivity index (χ2v) is 9.64. The van der Waals surface area contributed by atoms with Crippen LogP contribution in [0, 0.1) is 13.8 Å². The van der Waals surface area contributed by atoms with Gasteiger partial charge in [-0.05, 0) is 43.7 Å². The van der Waals surface area contributed by atoms with Crippen molar-refractivity contribution in [3.63, 3.8) is 0 Å². The van der Waals surface area contributed by atoms with Crippen LogP contribution in [0.3, 0.4) is 0 Å². The van der Waals surface area contributed by atoms with Crippen molar-refractivity contribution in [2.45, 2.75) is 24.0 Å². The molecule has 1 atom stereocenters. The van der Waals surface area contributed by atoms with E-state index in [0.29, 0.717) is 10.8 Å². The number of aromatic nitrogens is 1. The molecule has 0 spiro atoms. The Morgan fingerprint density at radius 1 is 0.968 bits per heavy atom. The number of hydrogen-bond acceptors (Lipinski definition) is 5. The molecule has 6 heteroatoms. The zero-order valence-corrected chi connectivity index (χ0v) is 19.0. The molecule has 0 aliphatic carbocycles. The van der Waals surface area contributed by atoms with Gasteiger partial charge in [-0.25, -0.2) is 4.98 Å². The number of carbonyl (C=O) groups is 1. The van der Waals surface area contributed by atoms with Gasteiger partial charge < -0.3 is 11.1 Å². The molecule has 0 aliphatic rings. The Balaban J connectivity index is 1.58. The number of nitrogens with zero attached hydrogens (tertiary/aromatic N) is 1. The molecule has 1 unspecified atom stereocenters. The van der Waals surface area contributed by atoms with Crippen LogP contribution < -0.4 is 11.1 Å². The van der Waals surface area contributed by atoms with Crippen LogP contribution in [0.25, 0.3) is 11.3 Å². The molecule has 156 valence electrons. The molecule has 3 aromatic carbocycles. The average molecular weight is 446 g/mol. The van der Waals surface area contributed by atoms with Gasteiger partial charge in [0, 0.05) is 21.0 Å². The Morgan fingerprint density at radius 3 is 2.32 bits per heavy atom. The van der Waals surface area contributed by atoms with Gasteiger partial charge in [-0.3, -0.25) is 4.79 Å². The molecule has 3 N–H and O–H groups in total. The van der Waals surface area contributed by atoms with Crippen LogP contribution in [0.5, 0.6) is 0 Å². The highest BCUT2D eigenvalue weighted by Gasteiger charge is 2.23. The molecule has 4 aromatic rings. The summed E-state index contributed by atoms with van der Waals surface area (Å²) in [6.07, 6.45) is 0. The monoisotopic (exact) mass is 445 g/mol. The molecule has 0 bridgehead atoms. The second-order valence-electron chi connectivity index (χ2n) is 7.26. The molecule has 0 radical (unpaired) electrons. The quantitative estimate of drug-likeness (QED) is 0.263. The van der Waals surface area contributed by atoms with Crippen molar-refractivity contribution < 1.29 is 4.79 Å². The summed E-state index contributed by atoms with van der Waals surface area (Å²) in [6, 6.07) is 25.6. The minimum absolute atomic E-state index is 0.0998. The molecule has 4 rings (SSSR count). The highest BCUT2D eigenvalue weighted by molar-refractivity contribution is 8.00. The van der Waals surface area contributed by atoms with Crippen LogP contribution in [0.4, 0.5) is 10.8 Å². The summed E-state index contributed by atoms with van der Waals surface area (Å²) < 4.78 is 0. The molecular formula is C25H23N3OS2. The maximum Gasteiger partial charge on any atom is 0.244 e. The first-order valence-electron chi connectivity index (χ1n) is 9.92. The van der Waals surface area contributed by atoms with Gasteiger partial charge in [-0.15, -0.1) is 23.1 Å². The lowest BCUT2D eigenvalue weighted by atomic mass is 10.1. The number of nitrogen functional groups attached to an aromatic ring is 1. The number of carbonyl (C=O) groups excluding carboxylic acids is 1. The van der Waals surface area contributed by atoms with Crippen LogP contribution in [-0.2, 0) is 4.79 Å². The van der Waals surface area contributed by atoms with Crippen LogP contribution in [0.1, 0.15) is 21.3 Å². The Morgan fingerprint density at radius 2 is 1.65 bits per heavy atom. The maximum atomic E-state index is 13.3. The summed E-state index contributed by atoms with van der Waals surface area (Å²) in [4.78, 5) is 20.1. The van der Waals surface area contributed by atoms with E-state index in [-0.39, 0.29) is 5.91 Å². The lowest BCUT2D eigenvalue weighted by Gasteiger charge is -2.16. The molecule has 0 aliphatic heterocycles. The van der Waals surface area contributed by atoms with Crippen molar-refractivity contribution in [2.24, 2.45) is 0 Å². The number of thiazole rings is 1. The number of amides is 1. The van der Waals surface area contributed by atoms with Gasteiger partial charge in [0.2, 0.25) is 5.91 Å². The third-order valence-electron chi connectivity index (χ3n) is 4.83. The lowest BCUT2D eigenvalue weighted by molar-refractivity contribution is -0.115. The summed E-state index contributed by atoms with van der Waals surface area (Å²) >= 11 is 2.99. The Hall–Kier alpha value is -3.09. The molecule has 0 saturated heterocycles. The Labute approximate surface area is 190 Å². The molecule has 4 nitrogen and oxygen atoms in total. The van der Waals surface area contributed by atoms with E-state index < -0.39 is 5.25 Å². The predicted octanol–water partition coefficient (Wildman–Crippen LogP) is 6.48. The molecule has 0 saturated carbocycles. The fourth-order valence-corrected chi connectivity index (χ4v) is 5.05. The highest BCUT2D eigenvalue weighted by atomic mass is 32.2. The summed E-state index contributed by atoms with van der Waals surface area (Å²) in [5, 5.41) is 3.24. The molecular weight excluding hydrogens is 422 g/mol. The maximum absolute atomic E-state index is 13.3. The van der Waals surface area contributed by atoms with Gasteiger partial charge in [0.15, 0.2) is 5.13 Å². The number of aryl methyl sites for hydroxylation is 2. The summed E-state index contributed by atoms with van der Waals surface area (Å²) in [7, 11) is 0. The second kappa shape index (κ2) is 9.37. The Kier molecular flexibility index (Phi) is 6.39. The largest absolute Gasteiger partial charge is 0.399 e. The van der Waals surface area contributed by atoms with E-state index in [9.17, 15) is 4.79 Å². The first-order valence-corrected chi connectivity index (χ1v) is 11.6. The average Bonchev–Trinajstić information content (AvgIpc) is 3.14. The zero-order valence-electron chi connectivity index (χ0n) is 17.3. The molecule has 1 heterocycles. The first-order chi connectivity index (χ1) is 15.0. The molecule has 0 fully saturated rings. The van der Waals surface area contributed by atoms with Crippen molar-refractivity contribution in [1.29, 1.82) is 0 Å². The van der Waals surface area contributed by atoms with Crippen LogP contribution in [-0.4, -0.2) is 10.9 Å². The van der Waals surface area contributed by atoms with E-state index in [1.807, 2.05) is 61.5 Å². The number of hydrogen-bond donors (Lipinski definition) is 2. The predicted molar refractivity (Wildman–Crippen MR) is 132 cm³/mol. The van der Waals surface area contributed by atoms with Gasteiger partial charge in [-0.1, -0.05) is 60.2 Å². The highest BCUT2D eigenvalue weighted by Crippen LogP contribution is 2.37. The zero-order chi connectivity index (χ0) is 21.8. The third kappa shape index (κ3) is 5.16. The van der Waals surface area contributed by atoms with Crippen molar-refractivity contribution in [3.8, 4) is 11.3 Å². The van der Waals surface area contributed by atoms with E-state index in [2.05, 4.69) is 36.5 Å². The molecule has 1 aromatic heterocycles. The van der Waals surface area contributed by atoms with Crippen molar-refractivity contribution in [2.75, 3.05) is 11.1 Å². The SMILES string of the molecule is Cc1ccc(-c2nc(NC(=O)C(Sc3ccc(N)cc3)c3ccccc3)sc2C)cc1. The number of rotatable bonds is 6. The number of anilines is 2. The van der Waals surface area contributed by atoms with Crippen LogP contribution in [0.15, 0.2) is 83.8 Å². The number of nitrogens with two attached hydrogens (primary N) is 1. The van der Waals surface area contributed by atoms with E-state index in [1.54, 1.807) is 0 Å². The Bertz CT molecular complexity index is 1170. The van der Waals surface area contributed by atoms with Gasteiger partial charge in [-0.2, -0.15) is 0 Å². The molecule has 1 amide bonds. The fourth-order valence-electron chi connectivity index (χ4n) is 3.18. The van der Waals surface area contributed by atoms with Gasteiger partial charge >= 0.3 is 0 Å². The fraction of sp³-hybridized carbons (Fsp3) is 0.120. The standard InChI is InChI=1S/C25H23N3OS2/c1-16-8-10-18(11-9-16)22-17(2)30-25(27-22)28-24(29)23(19-6-4-3-5-7-19)31-21-14-12-20(26)13-15-21/h3-15,23H,26H2,1-2H3,(H,27,28,29). The number of nitrogens with one attached hydrogen (secondary N) is 1. The van der Waals surface area contributed by atoms with Gasteiger partial charge in [0.05, 0.1) is 5.69 Å². The van der Waals surface area contributed by atoms with E-state index >= 15 is 0 Å². The van der Waals surface area contributed by atoms with Crippen molar-refractivity contribution in [3.05, 3.63) is 94.9 Å². The summed E-state index contributed by atoms with van der Waals surface area (Å²) in [6.45, 7) is 4.09. The van der Waals surface area contributed by atoms with E-state index in [4.69, 9.17) is 10.7 Å². The van der Waals surface area contributed by atoms with E-state index in [0.717, 1.165) is 26.6 Å². The van der Waals surface area contributed by atoms with Gasteiger partial charge in [0.25, 0.3) is 0 Å². The molecule has 31 heavy (non-hydrogen) atoms. The van der Waals surface area contributed by atoms with Crippen molar-refractivity contribution in [1.82, 2.24) is 4.98 Å².